The van der Waals surface area contributed by atoms with Crippen molar-refractivity contribution in [3.63, 3.8) is 0 Å². The van der Waals surface area contributed by atoms with Crippen LogP contribution in [0.4, 0.5) is 0 Å². The average molecular weight is 364 g/mol. The van der Waals surface area contributed by atoms with Gasteiger partial charge in [0.1, 0.15) is 5.82 Å². The van der Waals surface area contributed by atoms with E-state index in [1.165, 1.54) is 6.42 Å². The Morgan fingerprint density at radius 2 is 2.07 bits per heavy atom. The highest BCUT2D eigenvalue weighted by atomic mass is 16.3. The highest BCUT2D eigenvalue weighted by Crippen LogP contribution is 2.23. The third kappa shape index (κ3) is 4.37. The smallest absolute Gasteiger partial charge is 0.106 e. The van der Waals surface area contributed by atoms with Crippen LogP contribution in [-0.2, 0) is 19.4 Å². The molecule has 3 aromatic rings. The van der Waals surface area contributed by atoms with Gasteiger partial charge in [-0.1, -0.05) is 37.6 Å². The van der Waals surface area contributed by atoms with Crippen molar-refractivity contribution in [2.24, 2.45) is 5.92 Å². The molecule has 0 unspecified atom stereocenters. The lowest BCUT2D eigenvalue weighted by Gasteiger charge is -2.14. The molecule has 0 radical (unpaired) electrons. The number of hydrogen-bond donors (Lipinski definition) is 2. The van der Waals surface area contributed by atoms with Crippen LogP contribution in [0.3, 0.4) is 0 Å². The summed E-state index contributed by atoms with van der Waals surface area (Å²) >= 11 is 0. The number of para-hydroxylation sites is 1. The molecular weight excluding hydrogens is 336 g/mol. The molecule has 1 aromatic carbocycles. The number of aromatic amines is 1. The molecular formula is C22H28N4O. The van der Waals surface area contributed by atoms with E-state index in [4.69, 9.17) is 4.98 Å². The minimum Gasteiger partial charge on any atom is -0.391 e. The summed E-state index contributed by atoms with van der Waals surface area (Å²) in [5.74, 6) is 1.30. The van der Waals surface area contributed by atoms with Crippen LogP contribution in [0.2, 0.25) is 0 Å². The van der Waals surface area contributed by atoms with Gasteiger partial charge in [0, 0.05) is 54.9 Å². The number of β-amino-alcohol motifs (C(OH)–C–C–N with tert-alkyl or cyclic N) is 1. The number of H-pyrrole nitrogens is 1. The number of aliphatic hydroxyl groups is 1. The molecule has 3 heterocycles. The number of unbranched alkanes of at least 4 members (excludes halogenated alkanes) is 1. The van der Waals surface area contributed by atoms with Crippen molar-refractivity contribution < 1.29 is 5.11 Å². The maximum atomic E-state index is 10.5. The third-order valence-corrected chi connectivity index (χ3v) is 5.45. The standard InChI is InChI=1S/C22H28N4O/c1-2-3-8-22-23-12-19(25-22)14-26-13-17(21(27)15-26)11-18-10-9-16-6-4-5-7-20(16)24-18/h4-7,9-10,12,17,21,27H,2-3,8,11,13-15H2,1H3,(H,23,25)/t17-,21-/m1/s1. The van der Waals surface area contributed by atoms with Gasteiger partial charge in [-0.25, -0.2) is 4.98 Å². The van der Waals surface area contributed by atoms with Gasteiger partial charge in [-0.15, -0.1) is 0 Å². The molecule has 0 spiro atoms. The number of nitrogens with zero attached hydrogens (tertiary/aromatic N) is 3. The second-order valence-corrected chi connectivity index (χ2v) is 7.68. The normalized spacial score (nSPS) is 20.5. The molecule has 0 saturated carbocycles. The summed E-state index contributed by atoms with van der Waals surface area (Å²) in [5.41, 5.74) is 3.22. The van der Waals surface area contributed by atoms with Gasteiger partial charge in [-0.3, -0.25) is 9.88 Å². The number of aryl methyl sites for hydroxylation is 1. The van der Waals surface area contributed by atoms with Gasteiger partial charge in [-0.05, 0) is 25.0 Å². The summed E-state index contributed by atoms with van der Waals surface area (Å²) in [6, 6.07) is 12.4. The van der Waals surface area contributed by atoms with Crippen molar-refractivity contribution in [2.75, 3.05) is 13.1 Å². The number of pyridine rings is 1. The number of aliphatic hydroxyl groups excluding tert-OH is 1. The summed E-state index contributed by atoms with van der Waals surface area (Å²) in [7, 11) is 0. The van der Waals surface area contributed by atoms with Crippen LogP contribution in [0.1, 0.15) is 37.0 Å². The van der Waals surface area contributed by atoms with Crippen LogP contribution in [0, 0.1) is 5.92 Å². The van der Waals surface area contributed by atoms with Crippen molar-refractivity contribution in [3.05, 3.63) is 59.8 Å². The van der Waals surface area contributed by atoms with Gasteiger partial charge < -0.3 is 10.1 Å². The van der Waals surface area contributed by atoms with Crippen molar-refractivity contribution >= 4 is 10.9 Å². The minimum atomic E-state index is -0.305. The summed E-state index contributed by atoms with van der Waals surface area (Å²) in [6.45, 7) is 4.61. The van der Waals surface area contributed by atoms with Crippen LogP contribution in [0.15, 0.2) is 42.6 Å². The van der Waals surface area contributed by atoms with Crippen LogP contribution < -0.4 is 0 Å². The lowest BCUT2D eigenvalue weighted by atomic mass is 9.99. The molecule has 5 nitrogen and oxygen atoms in total. The SMILES string of the molecule is CCCCc1ncc(CN2C[C@@H](Cc3ccc4ccccc4n3)[C@H](O)C2)[nH]1. The summed E-state index contributed by atoms with van der Waals surface area (Å²) in [4.78, 5) is 15.0. The topological polar surface area (TPSA) is 65.0 Å². The summed E-state index contributed by atoms with van der Waals surface area (Å²) < 4.78 is 0. The molecule has 1 saturated heterocycles. The maximum absolute atomic E-state index is 10.5. The molecule has 27 heavy (non-hydrogen) atoms. The Morgan fingerprint density at radius 3 is 2.96 bits per heavy atom. The largest absolute Gasteiger partial charge is 0.391 e. The van der Waals surface area contributed by atoms with Crippen molar-refractivity contribution in [2.45, 2.75) is 45.3 Å². The molecule has 1 aliphatic rings. The van der Waals surface area contributed by atoms with E-state index in [2.05, 4.69) is 40.0 Å². The fraction of sp³-hybridized carbons (Fsp3) is 0.455. The second-order valence-electron chi connectivity index (χ2n) is 7.68. The van der Waals surface area contributed by atoms with Crippen molar-refractivity contribution in [1.82, 2.24) is 19.9 Å². The molecule has 0 bridgehead atoms. The number of hydrogen-bond acceptors (Lipinski definition) is 4. The number of fused-ring (bicyclic) bond motifs is 1. The minimum absolute atomic E-state index is 0.223. The average Bonchev–Trinajstić information content (AvgIpc) is 3.26. The number of nitrogens with one attached hydrogen (secondary N) is 1. The Morgan fingerprint density at radius 1 is 1.19 bits per heavy atom. The van der Waals surface area contributed by atoms with E-state index in [0.29, 0.717) is 6.54 Å². The lowest BCUT2D eigenvalue weighted by Crippen LogP contribution is -2.21. The Bertz CT molecular complexity index is 891. The first-order valence-electron chi connectivity index (χ1n) is 9.99. The predicted molar refractivity (Wildman–Crippen MR) is 107 cm³/mol. The molecule has 2 aromatic heterocycles. The Hall–Kier alpha value is -2.24. The Labute approximate surface area is 160 Å². The number of aromatic nitrogens is 3. The van der Waals surface area contributed by atoms with E-state index in [9.17, 15) is 5.11 Å². The van der Waals surface area contributed by atoms with Crippen molar-refractivity contribution in [1.29, 1.82) is 0 Å². The van der Waals surface area contributed by atoms with E-state index < -0.39 is 0 Å². The van der Waals surface area contributed by atoms with E-state index >= 15 is 0 Å². The highest BCUT2D eigenvalue weighted by Gasteiger charge is 2.31. The highest BCUT2D eigenvalue weighted by molar-refractivity contribution is 5.78. The molecule has 1 fully saturated rings. The van der Waals surface area contributed by atoms with Gasteiger partial charge in [0.25, 0.3) is 0 Å². The first kappa shape index (κ1) is 18.1. The molecule has 4 rings (SSSR count). The Kier molecular flexibility index (Phi) is 5.50. The van der Waals surface area contributed by atoms with Crippen LogP contribution in [0.25, 0.3) is 10.9 Å². The summed E-state index contributed by atoms with van der Waals surface area (Å²) in [6.07, 6.45) is 5.80. The van der Waals surface area contributed by atoms with Gasteiger partial charge in [-0.2, -0.15) is 0 Å². The first-order chi connectivity index (χ1) is 13.2. The maximum Gasteiger partial charge on any atom is 0.106 e. The molecule has 0 aliphatic carbocycles. The zero-order valence-electron chi connectivity index (χ0n) is 15.9. The second kappa shape index (κ2) is 8.19. The first-order valence-corrected chi connectivity index (χ1v) is 9.99. The van der Waals surface area contributed by atoms with Crippen LogP contribution >= 0.6 is 0 Å². The van der Waals surface area contributed by atoms with Crippen LogP contribution in [0.5, 0.6) is 0 Å². The van der Waals surface area contributed by atoms with Crippen molar-refractivity contribution in [3.8, 4) is 0 Å². The fourth-order valence-corrected chi connectivity index (χ4v) is 3.96. The quantitative estimate of drug-likeness (QED) is 0.675. The van der Waals surface area contributed by atoms with E-state index in [1.807, 2.05) is 24.4 Å². The zero-order valence-corrected chi connectivity index (χ0v) is 15.9. The Balaban J connectivity index is 1.36. The molecule has 0 amide bonds. The van der Waals surface area contributed by atoms with Gasteiger partial charge in [0.05, 0.1) is 11.6 Å². The van der Waals surface area contributed by atoms with E-state index in [0.717, 1.165) is 60.5 Å². The fourth-order valence-electron chi connectivity index (χ4n) is 3.96. The van der Waals surface area contributed by atoms with E-state index in [-0.39, 0.29) is 12.0 Å². The molecule has 2 atom stereocenters. The molecule has 142 valence electrons. The number of likely N-dealkylation sites (tertiary alicyclic amines) is 1. The zero-order chi connectivity index (χ0) is 18.6. The molecule has 2 N–H and O–H groups in total. The molecule has 1 aliphatic heterocycles. The number of imidazole rings is 1. The van der Waals surface area contributed by atoms with Crippen LogP contribution in [-0.4, -0.2) is 44.2 Å². The van der Waals surface area contributed by atoms with E-state index in [1.54, 1.807) is 0 Å². The summed E-state index contributed by atoms with van der Waals surface area (Å²) in [5, 5.41) is 11.7. The molecule has 5 heteroatoms. The third-order valence-electron chi connectivity index (χ3n) is 5.45. The number of benzene rings is 1. The predicted octanol–water partition coefficient (Wildman–Crippen LogP) is 3.34. The van der Waals surface area contributed by atoms with Gasteiger partial charge >= 0.3 is 0 Å². The van der Waals surface area contributed by atoms with Gasteiger partial charge in [0.15, 0.2) is 0 Å². The monoisotopic (exact) mass is 364 g/mol. The lowest BCUT2D eigenvalue weighted by molar-refractivity contribution is 0.140. The van der Waals surface area contributed by atoms with Gasteiger partial charge in [0.2, 0.25) is 0 Å². The number of rotatable bonds is 7.